The fourth-order valence-electron chi connectivity index (χ4n) is 4.48. The summed E-state index contributed by atoms with van der Waals surface area (Å²) in [6, 6.07) is 20.5. The van der Waals surface area contributed by atoms with E-state index in [-0.39, 0.29) is 0 Å². The monoisotopic (exact) mass is 296 g/mol. The van der Waals surface area contributed by atoms with Gasteiger partial charge in [0.1, 0.15) is 0 Å². The molecule has 5 rings (SSSR count). The summed E-state index contributed by atoms with van der Waals surface area (Å²) in [4.78, 5) is 0. The van der Waals surface area contributed by atoms with E-state index in [0.717, 1.165) is 0 Å². The molecule has 0 heteroatoms. The fourth-order valence-corrected chi connectivity index (χ4v) is 4.48. The van der Waals surface area contributed by atoms with Gasteiger partial charge in [-0.05, 0) is 73.8 Å². The summed E-state index contributed by atoms with van der Waals surface area (Å²) in [7, 11) is 0. The van der Waals surface area contributed by atoms with E-state index in [2.05, 4.69) is 68.4 Å². The molecule has 23 heavy (non-hydrogen) atoms. The summed E-state index contributed by atoms with van der Waals surface area (Å²) in [5.41, 5.74) is 4.71. The largest absolute Gasteiger partial charge is 0.0616 e. The van der Waals surface area contributed by atoms with Crippen molar-refractivity contribution in [2.24, 2.45) is 0 Å². The summed E-state index contributed by atoms with van der Waals surface area (Å²) in [6.45, 7) is 4.62. The van der Waals surface area contributed by atoms with Gasteiger partial charge in [-0.3, -0.25) is 0 Å². The number of fused-ring (bicyclic) bond motifs is 4. The molecule has 0 heterocycles. The van der Waals surface area contributed by atoms with Gasteiger partial charge in [-0.1, -0.05) is 62.4 Å². The smallest absolute Gasteiger partial charge is 0.00962 e. The van der Waals surface area contributed by atoms with E-state index in [1.807, 2.05) is 0 Å². The Morgan fingerprint density at radius 3 is 2.35 bits per heavy atom. The first-order valence-electron chi connectivity index (χ1n) is 8.63. The van der Waals surface area contributed by atoms with E-state index >= 15 is 0 Å². The first-order chi connectivity index (χ1) is 11.2. The Kier molecular flexibility index (Phi) is 2.61. The van der Waals surface area contributed by atoms with Crippen molar-refractivity contribution in [1.82, 2.24) is 0 Å². The third-order valence-electron chi connectivity index (χ3n) is 5.53. The van der Waals surface area contributed by atoms with E-state index in [0.29, 0.717) is 5.92 Å². The van der Waals surface area contributed by atoms with Gasteiger partial charge < -0.3 is 0 Å². The standard InChI is InChI=1S/C23H20/c1-14(2)17-9-8-16-13-22-18-6-4-3-5-15(18)7-10-19(22)21-12-11-20(17)23(16)21/h3-10,13-14H,11-12H2,1-2H3. The zero-order chi connectivity index (χ0) is 15.6. The van der Waals surface area contributed by atoms with Crippen molar-refractivity contribution in [3.05, 3.63) is 71.3 Å². The maximum atomic E-state index is 2.41. The Morgan fingerprint density at radius 2 is 1.48 bits per heavy atom. The summed E-state index contributed by atoms with van der Waals surface area (Å²) < 4.78 is 0. The maximum absolute atomic E-state index is 2.41. The van der Waals surface area contributed by atoms with Crippen LogP contribution in [0.25, 0.3) is 32.3 Å². The molecule has 0 nitrogen and oxygen atoms in total. The molecule has 0 fully saturated rings. The molecule has 0 unspecified atom stereocenters. The third kappa shape index (κ3) is 1.72. The number of benzene rings is 4. The lowest BCUT2D eigenvalue weighted by atomic mass is 9.90. The Hall–Kier alpha value is -2.34. The zero-order valence-electron chi connectivity index (χ0n) is 13.7. The van der Waals surface area contributed by atoms with Crippen LogP contribution in [0.4, 0.5) is 0 Å². The fraction of sp³-hybridized carbons (Fsp3) is 0.217. The molecule has 1 aliphatic rings. The van der Waals surface area contributed by atoms with Crippen LogP contribution in [0.5, 0.6) is 0 Å². The molecule has 0 bridgehead atoms. The SMILES string of the molecule is CC(C)c1ccc2cc3c(ccc4ccccc43)c3c2c1CC3. The van der Waals surface area contributed by atoms with Crippen molar-refractivity contribution in [2.75, 3.05) is 0 Å². The number of aryl methyl sites for hydroxylation is 2. The lowest BCUT2D eigenvalue weighted by Gasteiger charge is -2.14. The molecule has 0 aliphatic heterocycles. The van der Waals surface area contributed by atoms with Gasteiger partial charge in [0.15, 0.2) is 0 Å². The lowest BCUT2D eigenvalue weighted by Crippen LogP contribution is -1.94. The Bertz CT molecular complexity index is 1080. The average Bonchev–Trinajstić information content (AvgIpc) is 3.01. The Labute approximate surface area is 136 Å². The second-order valence-corrected chi connectivity index (χ2v) is 7.12. The molecule has 0 amide bonds. The topological polar surface area (TPSA) is 0 Å². The van der Waals surface area contributed by atoms with Gasteiger partial charge in [-0.25, -0.2) is 0 Å². The van der Waals surface area contributed by atoms with Crippen LogP contribution in [0.2, 0.25) is 0 Å². The molecule has 0 aromatic heterocycles. The highest BCUT2D eigenvalue weighted by atomic mass is 14.3. The van der Waals surface area contributed by atoms with Crippen molar-refractivity contribution < 1.29 is 0 Å². The van der Waals surface area contributed by atoms with Crippen LogP contribution in [0.15, 0.2) is 54.6 Å². The van der Waals surface area contributed by atoms with Crippen LogP contribution < -0.4 is 0 Å². The van der Waals surface area contributed by atoms with Crippen LogP contribution in [0.1, 0.15) is 36.5 Å². The molecule has 0 saturated carbocycles. The van der Waals surface area contributed by atoms with Crippen LogP contribution in [-0.4, -0.2) is 0 Å². The van der Waals surface area contributed by atoms with Gasteiger partial charge >= 0.3 is 0 Å². The second-order valence-electron chi connectivity index (χ2n) is 7.12. The molecule has 0 saturated heterocycles. The molecule has 4 aromatic rings. The van der Waals surface area contributed by atoms with Crippen molar-refractivity contribution in [2.45, 2.75) is 32.6 Å². The van der Waals surface area contributed by atoms with E-state index < -0.39 is 0 Å². The second kappa shape index (κ2) is 4.58. The maximum Gasteiger partial charge on any atom is -0.00962 e. The number of hydrogen-bond donors (Lipinski definition) is 0. The van der Waals surface area contributed by atoms with Gasteiger partial charge in [-0.2, -0.15) is 0 Å². The average molecular weight is 296 g/mol. The quantitative estimate of drug-likeness (QED) is 0.283. The molecular weight excluding hydrogens is 276 g/mol. The lowest BCUT2D eigenvalue weighted by molar-refractivity contribution is 0.845. The highest BCUT2D eigenvalue weighted by molar-refractivity contribution is 6.15. The number of rotatable bonds is 1. The first-order valence-corrected chi connectivity index (χ1v) is 8.63. The zero-order valence-corrected chi connectivity index (χ0v) is 13.7. The minimum atomic E-state index is 0.604. The van der Waals surface area contributed by atoms with E-state index in [1.54, 1.807) is 16.5 Å². The molecule has 0 radical (unpaired) electrons. The van der Waals surface area contributed by atoms with E-state index in [1.165, 1.54) is 45.3 Å². The summed E-state index contributed by atoms with van der Waals surface area (Å²) in [6.07, 6.45) is 2.39. The summed E-state index contributed by atoms with van der Waals surface area (Å²) >= 11 is 0. The van der Waals surface area contributed by atoms with Crippen LogP contribution >= 0.6 is 0 Å². The predicted octanol–water partition coefficient (Wildman–Crippen LogP) is 6.37. The highest BCUT2D eigenvalue weighted by Gasteiger charge is 2.21. The Morgan fingerprint density at radius 1 is 0.696 bits per heavy atom. The van der Waals surface area contributed by atoms with Crippen molar-refractivity contribution in [3.8, 4) is 0 Å². The van der Waals surface area contributed by atoms with Crippen molar-refractivity contribution >= 4 is 32.3 Å². The first kappa shape index (κ1) is 13.1. The molecule has 1 aliphatic carbocycles. The molecule has 0 N–H and O–H groups in total. The van der Waals surface area contributed by atoms with E-state index in [9.17, 15) is 0 Å². The van der Waals surface area contributed by atoms with Gasteiger partial charge in [-0.15, -0.1) is 0 Å². The van der Waals surface area contributed by atoms with Crippen molar-refractivity contribution in [1.29, 1.82) is 0 Å². The third-order valence-corrected chi connectivity index (χ3v) is 5.53. The predicted molar refractivity (Wildman–Crippen MR) is 100 cm³/mol. The minimum Gasteiger partial charge on any atom is -0.0616 e. The van der Waals surface area contributed by atoms with Crippen LogP contribution in [-0.2, 0) is 12.8 Å². The van der Waals surface area contributed by atoms with Crippen molar-refractivity contribution in [3.63, 3.8) is 0 Å². The normalized spacial score (nSPS) is 13.7. The molecule has 112 valence electrons. The molecule has 4 aromatic carbocycles. The van der Waals surface area contributed by atoms with Gasteiger partial charge in [0, 0.05) is 0 Å². The van der Waals surface area contributed by atoms with Gasteiger partial charge in [0.2, 0.25) is 0 Å². The highest BCUT2D eigenvalue weighted by Crippen LogP contribution is 2.41. The van der Waals surface area contributed by atoms with E-state index in [4.69, 9.17) is 0 Å². The summed E-state index contributed by atoms with van der Waals surface area (Å²) in [5.74, 6) is 0.604. The minimum absolute atomic E-state index is 0.604. The molecular formula is C23H20. The number of hydrogen-bond acceptors (Lipinski definition) is 0. The van der Waals surface area contributed by atoms with Gasteiger partial charge in [0.25, 0.3) is 0 Å². The Balaban J connectivity index is 1.99. The van der Waals surface area contributed by atoms with Crippen LogP contribution in [0, 0.1) is 0 Å². The molecule has 0 atom stereocenters. The summed E-state index contributed by atoms with van der Waals surface area (Å²) in [5, 5.41) is 8.54. The molecule has 0 spiro atoms. The van der Waals surface area contributed by atoms with Crippen LogP contribution in [0.3, 0.4) is 0 Å². The van der Waals surface area contributed by atoms with Gasteiger partial charge in [0.05, 0.1) is 0 Å².